The molecule has 0 atom stereocenters. The average molecular weight is 274 g/mol. The lowest BCUT2D eigenvalue weighted by molar-refractivity contribution is 0.612. The predicted octanol–water partition coefficient (Wildman–Crippen LogP) is 2.71. The summed E-state index contributed by atoms with van der Waals surface area (Å²) in [5, 5.41) is 2.80. The van der Waals surface area contributed by atoms with Crippen molar-refractivity contribution < 1.29 is 4.39 Å². The highest BCUT2D eigenvalue weighted by atomic mass is 32.1. The number of fused-ring (bicyclic) bond motifs is 1. The Hall–Kier alpha value is -2.05. The van der Waals surface area contributed by atoms with E-state index in [0.717, 1.165) is 10.2 Å². The summed E-state index contributed by atoms with van der Waals surface area (Å²) in [5.74, 6) is 6.32. The van der Waals surface area contributed by atoms with Gasteiger partial charge in [0.05, 0.1) is 5.39 Å². The van der Waals surface area contributed by atoms with Crippen LogP contribution in [0.5, 0.6) is 0 Å². The summed E-state index contributed by atoms with van der Waals surface area (Å²) < 4.78 is 13.6. The Morgan fingerprint density at radius 3 is 2.84 bits per heavy atom. The first-order valence-corrected chi connectivity index (χ1v) is 6.60. The monoisotopic (exact) mass is 274 g/mol. The summed E-state index contributed by atoms with van der Waals surface area (Å²) in [6, 6.07) is 8.52. The molecule has 2 aromatic heterocycles. The Balaban J connectivity index is 2.03. The van der Waals surface area contributed by atoms with Gasteiger partial charge in [-0.1, -0.05) is 18.2 Å². The van der Waals surface area contributed by atoms with Gasteiger partial charge in [0, 0.05) is 6.42 Å². The Kier molecular flexibility index (Phi) is 3.10. The summed E-state index contributed by atoms with van der Waals surface area (Å²) in [7, 11) is 0. The van der Waals surface area contributed by atoms with Crippen molar-refractivity contribution in [1.29, 1.82) is 0 Å². The van der Waals surface area contributed by atoms with Gasteiger partial charge >= 0.3 is 0 Å². The molecular weight excluding hydrogens is 263 g/mol. The molecular formula is C13H11FN4S. The van der Waals surface area contributed by atoms with E-state index in [2.05, 4.69) is 15.4 Å². The van der Waals surface area contributed by atoms with Gasteiger partial charge in [0.2, 0.25) is 0 Å². The standard InChI is InChI=1S/C13H11FN4S/c14-10-4-2-1-3-8(10)7-11-16-12(18-15)9-5-6-19-13(9)17-11/h1-6H,7,15H2,(H,16,17,18). The van der Waals surface area contributed by atoms with Gasteiger partial charge in [-0.05, 0) is 23.1 Å². The highest BCUT2D eigenvalue weighted by molar-refractivity contribution is 7.16. The largest absolute Gasteiger partial charge is 0.308 e. The smallest absolute Gasteiger partial charge is 0.152 e. The van der Waals surface area contributed by atoms with Crippen LogP contribution in [0, 0.1) is 5.82 Å². The number of halogens is 1. The summed E-state index contributed by atoms with van der Waals surface area (Å²) in [5.41, 5.74) is 3.13. The third-order valence-electron chi connectivity index (χ3n) is 2.81. The van der Waals surface area contributed by atoms with Crippen molar-refractivity contribution >= 4 is 27.4 Å². The second-order valence-corrected chi connectivity index (χ2v) is 4.93. The van der Waals surface area contributed by atoms with Crippen LogP contribution in [-0.2, 0) is 6.42 Å². The number of nitrogens with zero attached hydrogens (tertiary/aromatic N) is 2. The first kappa shape index (κ1) is 12.0. The second kappa shape index (κ2) is 4.91. The molecule has 3 aromatic rings. The molecule has 6 heteroatoms. The molecule has 0 fully saturated rings. The highest BCUT2D eigenvalue weighted by Crippen LogP contribution is 2.25. The fraction of sp³-hybridized carbons (Fsp3) is 0.0769. The van der Waals surface area contributed by atoms with E-state index in [0.29, 0.717) is 23.6 Å². The van der Waals surface area contributed by atoms with Crippen LogP contribution in [0.25, 0.3) is 10.2 Å². The van der Waals surface area contributed by atoms with Crippen molar-refractivity contribution in [3.63, 3.8) is 0 Å². The fourth-order valence-electron chi connectivity index (χ4n) is 1.90. The van der Waals surface area contributed by atoms with Gasteiger partial charge in [0.15, 0.2) is 5.82 Å². The van der Waals surface area contributed by atoms with Crippen molar-refractivity contribution in [2.24, 2.45) is 5.84 Å². The number of nitrogens with two attached hydrogens (primary N) is 1. The van der Waals surface area contributed by atoms with Gasteiger partial charge in [-0.15, -0.1) is 11.3 Å². The lowest BCUT2D eigenvalue weighted by Gasteiger charge is -2.06. The third-order valence-corrected chi connectivity index (χ3v) is 3.62. The number of hydrogen-bond donors (Lipinski definition) is 2. The summed E-state index contributed by atoms with van der Waals surface area (Å²) in [4.78, 5) is 9.59. The highest BCUT2D eigenvalue weighted by Gasteiger charge is 2.10. The number of thiophene rings is 1. The van der Waals surface area contributed by atoms with Crippen molar-refractivity contribution in [3.05, 3.63) is 52.9 Å². The van der Waals surface area contributed by atoms with Crippen LogP contribution in [0.1, 0.15) is 11.4 Å². The number of rotatable bonds is 3. The lowest BCUT2D eigenvalue weighted by atomic mass is 10.1. The van der Waals surface area contributed by atoms with E-state index in [4.69, 9.17) is 5.84 Å². The molecule has 4 nitrogen and oxygen atoms in total. The first-order valence-electron chi connectivity index (χ1n) is 5.72. The van der Waals surface area contributed by atoms with E-state index in [-0.39, 0.29) is 5.82 Å². The molecule has 96 valence electrons. The Bertz CT molecular complexity index is 725. The fourth-order valence-corrected chi connectivity index (χ4v) is 2.68. The molecule has 0 saturated carbocycles. The summed E-state index contributed by atoms with van der Waals surface area (Å²) in [6.07, 6.45) is 0.342. The molecule has 0 saturated heterocycles. The molecule has 3 N–H and O–H groups in total. The zero-order valence-corrected chi connectivity index (χ0v) is 10.7. The number of hydrogen-bond acceptors (Lipinski definition) is 5. The van der Waals surface area contributed by atoms with Crippen LogP contribution in [-0.4, -0.2) is 9.97 Å². The number of benzene rings is 1. The SMILES string of the molecule is NNc1nc(Cc2ccccc2F)nc2sccc12. The Morgan fingerprint density at radius 1 is 1.21 bits per heavy atom. The van der Waals surface area contributed by atoms with Crippen LogP contribution < -0.4 is 11.3 Å². The second-order valence-electron chi connectivity index (χ2n) is 4.04. The minimum Gasteiger partial charge on any atom is -0.308 e. The number of aromatic nitrogens is 2. The topological polar surface area (TPSA) is 63.8 Å². The van der Waals surface area contributed by atoms with Crippen LogP contribution >= 0.6 is 11.3 Å². The molecule has 0 bridgehead atoms. The van der Waals surface area contributed by atoms with E-state index in [1.165, 1.54) is 17.4 Å². The molecule has 1 aromatic carbocycles. The molecule has 0 amide bonds. The van der Waals surface area contributed by atoms with Crippen LogP contribution in [0.15, 0.2) is 35.7 Å². The van der Waals surface area contributed by atoms with E-state index in [1.54, 1.807) is 18.2 Å². The van der Waals surface area contributed by atoms with Gasteiger partial charge in [-0.2, -0.15) is 0 Å². The van der Waals surface area contributed by atoms with Crippen molar-refractivity contribution in [1.82, 2.24) is 9.97 Å². The minimum absolute atomic E-state index is 0.250. The number of hydrazine groups is 1. The van der Waals surface area contributed by atoms with Crippen LogP contribution in [0.3, 0.4) is 0 Å². The quantitative estimate of drug-likeness (QED) is 0.569. The van der Waals surface area contributed by atoms with Gasteiger partial charge in [-0.3, -0.25) is 0 Å². The normalized spacial score (nSPS) is 10.8. The van der Waals surface area contributed by atoms with Crippen LogP contribution in [0.2, 0.25) is 0 Å². The molecule has 19 heavy (non-hydrogen) atoms. The van der Waals surface area contributed by atoms with Crippen molar-refractivity contribution in [2.75, 3.05) is 5.43 Å². The summed E-state index contributed by atoms with van der Waals surface area (Å²) >= 11 is 1.51. The number of anilines is 1. The van der Waals surface area contributed by atoms with Gasteiger partial charge in [-0.25, -0.2) is 20.2 Å². The summed E-state index contributed by atoms with van der Waals surface area (Å²) in [6.45, 7) is 0. The molecule has 0 unspecified atom stereocenters. The van der Waals surface area contributed by atoms with Gasteiger partial charge in [0.1, 0.15) is 16.5 Å². The minimum atomic E-state index is -0.250. The van der Waals surface area contributed by atoms with E-state index in [1.807, 2.05) is 11.4 Å². The maximum absolute atomic E-state index is 13.6. The maximum Gasteiger partial charge on any atom is 0.152 e. The Morgan fingerprint density at radius 2 is 2.05 bits per heavy atom. The van der Waals surface area contributed by atoms with E-state index < -0.39 is 0 Å². The molecule has 0 spiro atoms. The van der Waals surface area contributed by atoms with Crippen LogP contribution in [0.4, 0.5) is 10.2 Å². The molecule has 0 radical (unpaired) electrons. The van der Waals surface area contributed by atoms with Gasteiger partial charge in [0.25, 0.3) is 0 Å². The average Bonchev–Trinajstić information content (AvgIpc) is 2.89. The maximum atomic E-state index is 13.6. The molecule has 2 heterocycles. The molecule has 0 aliphatic heterocycles. The predicted molar refractivity (Wildman–Crippen MR) is 74.4 cm³/mol. The van der Waals surface area contributed by atoms with E-state index >= 15 is 0 Å². The molecule has 0 aliphatic rings. The third kappa shape index (κ3) is 2.27. The molecule has 0 aliphatic carbocycles. The first-order chi connectivity index (χ1) is 9.28. The Labute approximate surface area is 113 Å². The van der Waals surface area contributed by atoms with Gasteiger partial charge < -0.3 is 5.43 Å². The lowest BCUT2D eigenvalue weighted by Crippen LogP contribution is -2.11. The molecule has 3 rings (SSSR count). The van der Waals surface area contributed by atoms with E-state index in [9.17, 15) is 4.39 Å². The van der Waals surface area contributed by atoms with Crippen molar-refractivity contribution in [3.8, 4) is 0 Å². The number of nitrogen functional groups attached to an aromatic ring is 1. The zero-order chi connectivity index (χ0) is 13.2. The zero-order valence-electron chi connectivity index (χ0n) is 9.93. The van der Waals surface area contributed by atoms with Crippen molar-refractivity contribution in [2.45, 2.75) is 6.42 Å². The number of nitrogens with one attached hydrogen (secondary N) is 1.